The van der Waals surface area contributed by atoms with Crippen molar-refractivity contribution < 1.29 is 14.0 Å². The molecule has 0 radical (unpaired) electrons. The molecule has 2 amide bonds. The molecule has 202 valence electrons. The van der Waals surface area contributed by atoms with Gasteiger partial charge in [-0.25, -0.2) is 15.0 Å². The van der Waals surface area contributed by atoms with E-state index in [0.29, 0.717) is 41.5 Å². The topological polar surface area (TPSA) is 121 Å². The Morgan fingerprint density at radius 1 is 1.12 bits per heavy atom. The molecule has 0 spiro atoms. The largest absolute Gasteiger partial charge is 0.445 e. The maximum absolute atomic E-state index is 13.1. The average molecular weight is 537 g/mol. The summed E-state index contributed by atoms with van der Waals surface area (Å²) in [6, 6.07) is 9.65. The van der Waals surface area contributed by atoms with Gasteiger partial charge in [0.25, 0.3) is 5.91 Å². The zero-order valence-corrected chi connectivity index (χ0v) is 22.4. The normalized spacial score (nSPS) is 16.9. The van der Waals surface area contributed by atoms with Crippen LogP contribution in [0.1, 0.15) is 39.5 Å². The van der Waals surface area contributed by atoms with E-state index in [1.165, 1.54) is 0 Å². The van der Waals surface area contributed by atoms with Crippen molar-refractivity contribution in [3.05, 3.63) is 71.4 Å². The number of hydrogen-bond acceptors (Lipinski definition) is 8. The number of carbonyl (C=O) groups excluding carboxylic acids is 2. The third-order valence-corrected chi connectivity index (χ3v) is 7.73. The quantitative estimate of drug-likeness (QED) is 0.338. The number of likely N-dealkylation sites (N-methyl/N-ethyl adjacent to an activating group) is 1. The number of benzene rings is 1. The highest BCUT2D eigenvalue weighted by atomic mass is 16.3. The van der Waals surface area contributed by atoms with Crippen LogP contribution in [0.5, 0.6) is 0 Å². The first-order chi connectivity index (χ1) is 19.4. The Morgan fingerprint density at radius 3 is 2.80 bits per heavy atom. The van der Waals surface area contributed by atoms with Crippen LogP contribution in [0.15, 0.2) is 53.4 Å². The maximum Gasteiger partial charge on any atom is 0.254 e. The summed E-state index contributed by atoms with van der Waals surface area (Å²) in [6.07, 6.45) is 5.86. The smallest absolute Gasteiger partial charge is 0.254 e. The number of pyridine rings is 1. The van der Waals surface area contributed by atoms with E-state index in [1.54, 1.807) is 23.6 Å². The first-order valence-corrected chi connectivity index (χ1v) is 13.2. The highest BCUT2D eigenvalue weighted by Gasteiger charge is 2.33. The molecule has 2 N–H and O–H groups in total. The molecular formula is C29H28N8O3. The lowest BCUT2D eigenvalue weighted by Gasteiger charge is -2.19. The number of anilines is 2. The molecule has 1 atom stereocenters. The van der Waals surface area contributed by atoms with E-state index in [0.717, 1.165) is 46.6 Å². The molecule has 0 bridgehead atoms. The van der Waals surface area contributed by atoms with Crippen LogP contribution < -0.4 is 10.6 Å². The Balaban J connectivity index is 1.29. The number of rotatable bonds is 6. The number of furan rings is 1. The lowest BCUT2D eigenvalue weighted by Crippen LogP contribution is -2.23. The summed E-state index contributed by atoms with van der Waals surface area (Å²) in [6.45, 7) is 1.75. The number of aromatic nitrogens is 4. The molecular weight excluding hydrogens is 508 g/mol. The Kier molecular flexibility index (Phi) is 5.56. The minimum absolute atomic E-state index is 0.128. The Labute approximate surface area is 229 Å². The van der Waals surface area contributed by atoms with Crippen molar-refractivity contribution in [2.24, 2.45) is 0 Å². The summed E-state index contributed by atoms with van der Waals surface area (Å²) in [5.74, 6) is 0.421. The van der Waals surface area contributed by atoms with Crippen molar-refractivity contribution in [1.29, 1.82) is 0 Å². The van der Waals surface area contributed by atoms with Gasteiger partial charge in [-0.1, -0.05) is 12.1 Å². The number of carbonyl (C=O) groups is 2. The average Bonchev–Trinajstić information content (AvgIpc) is 3.72. The Bertz CT molecular complexity index is 1820. The van der Waals surface area contributed by atoms with Crippen LogP contribution in [0.4, 0.5) is 11.5 Å². The van der Waals surface area contributed by atoms with Gasteiger partial charge in [-0.2, -0.15) is 0 Å². The molecule has 5 aromatic rings. The minimum Gasteiger partial charge on any atom is -0.445 e. The second kappa shape index (κ2) is 9.16. The number of nitrogens with one attached hydrogen (secondary N) is 2. The molecule has 0 aliphatic carbocycles. The lowest BCUT2D eigenvalue weighted by molar-refractivity contribution is -0.127. The van der Waals surface area contributed by atoms with Gasteiger partial charge in [0.15, 0.2) is 5.65 Å². The van der Waals surface area contributed by atoms with Gasteiger partial charge in [0.2, 0.25) is 11.6 Å². The Hall–Kier alpha value is -4.77. The zero-order chi connectivity index (χ0) is 27.5. The molecule has 1 aromatic carbocycles. The van der Waals surface area contributed by atoms with Crippen LogP contribution >= 0.6 is 0 Å². The fourth-order valence-corrected chi connectivity index (χ4v) is 5.84. The van der Waals surface area contributed by atoms with Gasteiger partial charge in [-0.05, 0) is 43.8 Å². The molecule has 0 saturated carbocycles. The third kappa shape index (κ3) is 3.81. The van der Waals surface area contributed by atoms with Gasteiger partial charge in [0.05, 0.1) is 47.2 Å². The number of imidazole rings is 1. The van der Waals surface area contributed by atoms with E-state index < -0.39 is 0 Å². The molecule has 11 heteroatoms. The molecule has 4 aromatic heterocycles. The molecule has 0 unspecified atom stereocenters. The minimum atomic E-state index is -0.182. The first kappa shape index (κ1) is 24.3. The van der Waals surface area contributed by atoms with Gasteiger partial charge in [0.1, 0.15) is 11.3 Å². The van der Waals surface area contributed by atoms with Crippen LogP contribution in [0.3, 0.4) is 0 Å². The van der Waals surface area contributed by atoms with Gasteiger partial charge < -0.3 is 24.9 Å². The van der Waals surface area contributed by atoms with E-state index in [2.05, 4.69) is 20.6 Å². The number of fused-ring (bicyclic) bond motifs is 4. The fourth-order valence-electron chi connectivity index (χ4n) is 5.84. The van der Waals surface area contributed by atoms with Gasteiger partial charge in [-0.15, -0.1) is 0 Å². The summed E-state index contributed by atoms with van der Waals surface area (Å²) in [7, 11) is 5.81. The van der Waals surface area contributed by atoms with Gasteiger partial charge in [0, 0.05) is 38.3 Å². The van der Waals surface area contributed by atoms with Crippen LogP contribution in [0.25, 0.3) is 28.1 Å². The molecule has 11 nitrogen and oxygen atoms in total. The molecule has 40 heavy (non-hydrogen) atoms. The summed E-state index contributed by atoms with van der Waals surface area (Å²) in [5, 5.41) is 6.37. The van der Waals surface area contributed by atoms with Crippen molar-refractivity contribution in [2.45, 2.75) is 25.4 Å². The highest BCUT2D eigenvalue weighted by molar-refractivity contribution is 6.06. The second-order valence-corrected chi connectivity index (χ2v) is 10.6. The number of amides is 2. The molecule has 2 aliphatic heterocycles. The van der Waals surface area contributed by atoms with Crippen LogP contribution in [0.2, 0.25) is 0 Å². The van der Waals surface area contributed by atoms with E-state index in [1.807, 2.05) is 60.8 Å². The molecule has 2 aliphatic rings. The maximum atomic E-state index is 13.1. The zero-order valence-electron chi connectivity index (χ0n) is 22.4. The standard InChI is InChI=1S/C29H28N8O3/c1-35(2)15-21-16(18-8-10-36(3)29(18)39)5-7-24(34-21)33-20-6-4-17(19-12-31-27(38)26(19)20)23-13-30-25-14-32-28-22(37(23)25)9-11-40-28/h4-7,9,11,13-14,18H,8,10,12,15H2,1-3H3,(H,31,38)(H,33,34)/t18-/m0/s1. The molecule has 1 saturated heterocycles. The molecule has 1 fully saturated rings. The molecule has 6 heterocycles. The predicted octanol–water partition coefficient (Wildman–Crippen LogP) is 3.53. The van der Waals surface area contributed by atoms with E-state index in [-0.39, 0.29) is 17.7 Å². The van der Waals surface area contributed by atoms with Crippen molar-refractivity contribution in [3.8, 4) is 11.3 Å². The third-order valence-electron chi connectivity index (χ3n) is 7.73. The van der Waals surface area contributed by atoms with Crippen LogP contribution in [0, 0.1) is 0 Å². The van der Waals surface area contributed by atoms with Crippen LogP contribution in [-0.2, 0) is 17.9 Å². The number of nitrogens with zero attached hydrogens (tertiary/aromatic N) is 6. The lowest BCUT2D eigenvalue weighted by atomic mass is 9.95. The van der Waals surface area contributed by atoms with Gasteiger partial charge >= 0.3 is 0 Å². The summed E-state index contributed by atoms with van der Waals surface area (Å²) < 4.78 is 7.49. The fraction of sp³-hybridized carbons (Fsp3) is 0.276. The van der Waals surface area contributed by atoms with E-state index >= 15 is 0 Å². The van der Waals surface area contributed by atoms with Crippen molar-refractivity contribution in [1.82, 2.24) is 34.5 Å². The first-order valence-electron chi connectivity index (χ1n) is 13.2. The monoisotopic (exact) mass is 536 g/mol. The van der Waals surface area contributed by atoms with Crippen molar-refractivity contribution in [3.63, 3.8) is 0 Å². The van der Waals surface area contributed by atoms with Gasteiger partial charge in [-0.3, -0.25) is 14.0 Å². The summed E-state index contributed by atoms with van der Waals surface area (Å²) in [4.78, 5) is 43.4. The molecule has 7 rings (SSSR count). The van der Waals surface area contributed by atoms with Crippen LogP contribution in [-0.4, -0.2) is 68.7 Å². The van der Waals surface area contributed by atoms with E-state index in [9.17, 15) is 9.59 Å². The summed E-state index contributed by atoms with van der Waals surface area (Å²) in [5.41, 5.74) is 7.72. The van der Waals surface area contributed by atoms with E-state index in [4.69, 9.17) is 9.40 Å². The van der Waals surface area contributed by atoms with Crippen molar-refractivity contribution >= 4 is 40.2 Å². The van der Waals surface area contributed by atoms with Crippen molar-refractivity contribution in [2.75, 3.05) is 33.0 Å². The number of likely N-dealkylation sites (tertiary alicyclic amines) is 1. The Morgan fingerprint density at radius 2 is 2.00 bits per heavy atom. The summed E-state index contributed by atoms with van der Waals surface area (Å²) >= 11 is 0. The number of hydrogen-bond donors (Lipinski definition) is 2. The highest BCUT2D eigenvalue weighted by Crippen LogP contribution is 2.37. The second-order valence-electron chi connectivity index (χ2n) is 10.6. The SMILES string of the molecule is CN(C)Cc1nc(Nc2ccc(-c3cnc4cnc5occc5n34)c3c2C(=O)NC3)ccc1[C@@H]1CCN(C)C1=O. The predicted molar refractivity (Wildman–Crippen MR) is 149 cm³/mol.